The van der Waals surface area contributed by atoms with Crippen LogP contribution in [0.3, 0.4) is 0 Å². The molecule has 1 saturated carbocycles. The summed E-state index contributed by atoms with van der Waals surface area (Å²) in [6.45, 7) is 0.784. The largest absolute Gasteiger partial charge is 0.493 e. The van der Waals surface area contributed by atoms with E-state index in [1.54, 1.807) is 36.3 Å². The van der Waals surface area contributed by atoms with Crippen molar-refractivity contribution in [3.63, 3.8) is 0 Å². The van der Waals surface area contributed by atoms with E-state index < -0.39 is 16.0 Å². The Morgan fingerprint density at radius 2 is 1.61 bits per heavy atom. The number of sulfonamides is 1. The predicted octanol–water partition coefficient (Wildman–Crippen LogP) is 4.35. The molecule has 2 amide bonds. The van der Waals surface area contributed by atoms with Crippen molar-refractivity contribution < 1.29 is 32.2 Å². The summed E-state index contributed by atoms with van der Waals surface area (Å²) in [7, 11) is 0.605. The number of carbonyl (C=O) groups excluding carboxylic acids is 2. The first-order chi connectivity index (χ1) is 19.6. The number of benzene rings is 3. The fourth-order valence-electron chi connectivity index (χ4n) is 5.96. The molecule has 3 N–H and O–H groups in total. The molecule has 0 aromatic heterocycles. The molecule has 2 aliphatic rings. The number of nitrogens with zero attached hydrogens (tertiary/aromatic N) is 1. The Hall–Kier alpha value is -4.09. The van der Waals surface area contributed by atoms with E-state index >= 15 is 0 Å². The summed E-state index contributed by atoms with van der Waals surface area (Å²) in [6, 6.07) is 15.2. The molecule has 0 unspecified atom stereocenters. The second-order valence-electron chi connectivity index (χ2n) is 10.4. The van der Waals surface area contributed by atoms with Crippen molar-refractivity contribution >= 4 is 27.7 Å². The number of hydrogen-bond donors (Lipinski definition) is 2. The smallest absolute Gasteiger partial charge is 0.338 e. The van der Waals surface area contributed by atoms with Gasteiger partial charge in [0.05, 0.1) is 31.8 Å². The van der Waals surface area contributed by atoms with Crippen molar-refractivity contribution in [2.45, 2.75) is 42.5 Å². The van der Waals surface area contributed by atoms with Crippen LogP contribution in [-0.4, -0.2) is 48.3 Å². The van der Waals surface area contributed by atoms with E-state index in [0.29, 0.717) is 29.2 Å². The van der Waals surface area contributed by atoms with Gasteiger partial charge in [0.15, 0.2) is 11.5 Å². The molecule has 1 heterocycles. The number of fused-ring (bicyclic) bond motifs is 2. The third kappa shape index (κ3) is 5.34. The van der Waals surface area contributed by atoms with Crippen LogP contribution >= 0.6 is 0 Å². The average Bonchev–Trinajstić information content (AvgIpc) is 3.59. The highest BCUT2D eigenvalue weighted by atomic mass is 32.2. The Bertz CT molecular complexity index is 1600. The average molecular weight is 580 g/mol. The molecule has 1 spiro atoms. The van der Waals surface area contributed by atoms with E-state index in [1.807, 2.05) is 12.1 Å². The van der Waals surface area contributed by atoms with Gasteiger partial charge in [0.25, 0.3) is 0 Å². The quantitative estimate of drug-likeness (QED) is 0.397. The fourth-order valence-corrected chi connectivity index (χ4v) is 6.48. The molecular weight excluding hydrogens is 546 g/mol. The molecule has 1 fully saturated rings. The van der Waals surface area contributed by atoms with Crippen molar-refractivity contribution in [2.24, 2.45) is 5.14 Å². The molecule has 10 nitrogen and oxygen atoms in total. The summed E-state index contributed by atoms with van der Waals surface area (Å²) in [5.74, 6) is 0.423. The Morgan fingerprint density at radius 1 is 0.951 bits per heavy atom. The van der Waals surface area contributed by atoms with Gasteiger partial charge < -0.3 is 19.5 Å². The van der Waals surface area contributed by atoms with Crippen molar-refractivity contribution in [3.8, 4) is 22.6 Å². The number of rotatable bonds is 7. The number of methoxy groups -OCH3 is 3. The highest BCUT2D eigenvalue weighted by molar-refractivity contribution is 7.89. The molecule has 41 heavy (non-hydrogen) atoms. The molecule has 0 bridgehead atoms. The van der Waals surface area contributed by atoms with Crippen LogP contribution in [0.25, 0.3) is 11.1 Å². The number of esters is 1. The number of amides is 2. The Labute approximate surface area is 239 Å². The van der Waals surface area contributed by atoms with E-state index in [-0.39, 0.29) is 22.9 Å². The summed E-state index contributed by atoms with van der Waals surface area (Å²) in [5.41, 5.74) is 4.29. The van der Waals surface area contributed by atoms with E-state index in [0.717, 1.165) is 48.1 Å². The van der Waals surface area contributed by atoms with E-state index in [9.17, 15) is 18.0 Å². The minimum absolute atomic E-state index is 0.0184. The third-order valence-corrected chi connectivity index (χ3v) is 8.99. The van der Waals surface area contributed by atoms with Gasteiger partial charge in [0.2, 0.25) is 10.0 Å². The lowest BCUT2D eigenvalue weighted by Gasteiger charge is -2.25. The van der Waals surface area contributed by atoms with Gasteiger partial charge in [-0.2, -0.15) is 0 Å². The second kappa shape index (κ2) is 11.1. The Kier molecular flexibility index (Phi) is 7.67. The minimum atomic E-state index is -3.79. The SMILES string of the molecule is COC(=O)c1cc(OC)c(OC)cc1-c1ccc2c(c1)C1(CCCC1)CN2C(=O)NCc1ccc(S(N)(=O)=O)cc1. The van der Waals surface area contributed by atoms with Crippen LogP contribution in [-0.2, 0) is 26.7 Å². The molecule has 216 valence electrons. The summed E-state index contributed by atoms with van der Waals surface area (Å²) in [5, 5.41) is 8.15. The maximum absolute atomic E-state index is 13.4. The summed E-state index contributed by atoms with van der Waals surface area (Å²) in [6.07, 6.45) is 4.05. The zero-order chi connectivity index (χ0) is 29.4. The molecular formula is C30H33N3O7S. The Balaban J connectivity index is 1.47. The molecule has 0 saturated heterocycles. The monoisotopic (exact) mass is 579 g/mol. The lowest BCUT2D eigenvalue weighted by molar-refractivity contribution is 0.0601. The summed E-state index contributed by atoms with van der Waals surface area (Å²) >= 11 is 0. The number of anilines is 1. The number of ether oxygens (including phenoxy) is 3. The van der Waals surface area contributed by atoms with E-state index in [1.165, 1.54) is 26.4 Å². The molecule has 5 rings (SSSR count). The highest BCUT2D eigenvalue weighted by Crippen LogP contribution is 2.52. The zero-order valence-electron chi connectivity index (χ0n) is 23.2. The number of urea groups is 1. The maximum atomic E-state index is 13.4. The fraction of sp³-hybridized carbons (Fsp3) is 0.333. The first kappa shape index (κ1) is 28.4. The third-order valence-electron chi connectivity index (χ3n) is 8.06. The van der Waals surface area contributed by atoms with Crippen LogP contribution in [0.15, 0.2) is 59.5 Å². The number of hydrogen-bond acceptors (Lipinski definition) is 7. The molecule has 0 atom stereocenters. The molecule has 3 aromatic carbocycles. The first-order valence-electron chi connectivity index (χ1n) is 13.3. The summed E-state index contributed by atoms with van der Waals surface area (Å²) in [4.78, 5) is 28.0. The van der Waals surface area contributed by atoms with Gasteiger partial charge >= 0.3 is 12.0 Å². The van der Waals surface area contributed by atoms with Crippen LogP contribution < -0.4 is 24.8 Å². The molecule has 11 heteroatoms. The lowest BCUT2D eigenvalue weighted by Crippen LogP contribution is -2.41. The number of nitrogens with two attached hydrogens (primary N) is 1. The number of carbonyl (C=O) groups is 2. The van der Waals surface area contributed by atoms with Crippen LogP contribution in [0.2, 0.25) is 0 Å². The van der Waals surface area contributed by atoms with Gasteiger partial charge in [-0.15, -0.1) is 0 Å². The number of primary sulfonamides is 1. The van der Waals surface area contributed by atoms with Crippen LogP contribution in [0.4, 0.5) is 10.5 Å². The highest BCUT2D eigenvalue weighted by Gasteiger charge is 2.46. The van der Waals surface area contributed by atoms with Gasteiger partial charge in [-0.05, 0) is 65.9 Å². The van der Waals surface area contributed by atoms with E-state index in [4.69, 9.17) is 19.3 Å². The van der Waals surface area contributed by atoms with Crippen molar-refractivity contribution in [3.05, 3.63) is 71.3 Å². The van der Waals surface area contributed by atoms with Crippen LogP contribution in [0, 0.1) is 0 Å². The molecule has 3 aromatic rings. The molecule has 1 aliphatic carbocycles. The van der Waals surface area contributed by atoms with Crippen molar-refractivity contribution in [1.29, 1.82) is 0 Å². The van der Waals surface area contributed by atoms with Gasteiger partial charge in [-0.3, -0.25) is 4.90 Å². The second-order valence-corrected chi connectivity index (χ2v) is 12.0. The molecule has 1 aliphatic heterocycles. The van der Waals surface area contributed by atoms with Crippen molar-refractivity contribution in [1.82, 2.24) is 5.32 Å². The van der Waals surface area contributed by atoms with Crippen LogP contribution in [0.1, 0.15) is 47.2 Å². The lowest BCUT2D eigenvalue weighted by atomic mass is 9.79. The van der Waals surface area contributed by atoms with Gasteiger partial charge in [-0.25, -0.2) is 23.1 Å². The summed E-state index contributed by atoms with van der Waals surface area (Å²) < 4.78 is 39.1. The maximum Gasteiger partial charge on any atom is 0.338 e. The van der Waals surface area contributed by atoms with Gasteiger partial charge in [-0.1, -0.05) is 31.0 Å². The molecule has 0 radical (unpaired) electrons. The normalized spacial score (nSPS) is 15.5. The zero-order valence-corrected chi connectivity index (χ0v) is 24.0. The minimum Gasteiger partial charge on any atom is -0.493 e. The topological polar surface area (TPSA) is 137 Å². The van der Waals surface area contributed by atoms with Gasteiger partial charge in [0, 0.05) is 29.8 Å². The Morgan fingerprint density at radius 3 is 2.22 bits per heavy atom. The standard InChI is InChI=1S/C30H33N3O7S/c1-38-26-15-22(23(28(34)40-3)16-27(26)39-2)20-8-11-25-24(14-20)30(12-4-5-13-30)18-33(25)29(35)32-17-19-6-9-21(10-7-19)41(31,36)37/h6-11,14-16H,4-5,12-13,17-18H2,1-3H3,(H,32,35)(H2,31,36,37). The van der Waals surface area contributed by atoms with Crippen LogP contribution in [0.5, 0.6) is 11.5 Å². The predicted molar refractivity (Wildman–Crippen MR) is 154 cm³/mol. The number of nitrogens with one attached hydrogen (secondary N) is 1. The van der Waals surface area contributed by atoms with Gasteiger partial charge in [0.1, 0.15) is 0 Å². The first-order valence-corrected chi connectivity index (χ1v) is 14.8. The van der Waals surface area contributed by atoms with Crippen molar-refractivity contribution in [2.75, 3.05) is 32.8 Å². The van der Waals surface area contributed by atoms with E-state index in [2.05, 4.69) is 11.4 Å².